The number of rotatable bonds is 2. The Morgan fingerprint density at radius 1 is 1.50 bits per heavy atom. The van der Waals surface area contributed by atoms with Crippen LogP contribution in [0.2, 0.25) is 0 Å². The molecule has 0 fully saturated rings. The summed E-state index contributed by atoms with van der Waals surface area (Å²) in [5.41, 5.74) is 0.134. The first kappa shape index (κ1) is 10.2. The molecule has 0 aromatic heterocycles. The highest BCUT2D eigenvalue weighted by molar-refractivity contribution is 6.04. The van der Waals surface area contributed by atoms with Gasteiger partial charge in [0.15, 0.2) is 5.76 Å². The van der Waals surface area contributed by atoms with Gasteiger partial charge in [0, 0.05) is 6.08 Å². The Labute approximate surface area is 79.3 Å². The van der Waals surface area contributed by atoms with Crippen LogP contribution in [0.25, 0.3) is 0 Å². The number of allylic oxidation sites excluding steroid dienone is 1. The monoisotopic (exact) mass is 196 g/mol. The van der Waals surface area contributed by atoms with E-state index in [4.69, 9.17) is 10.2 Å². The van der Waals surface area contributed by atoms with Crippen LogP contribution in [0.1, 0.15) is 0 Å². The predicted octanol–water partition coefficient (Wildman–Crippen LogP) is -0.0609. The first-order valence-corrected chi connectivity index (χ1v) is 3.76. The van der Waals surface area contributed by atoms with Gasteiger partial charge in [0.05, 0.1) is 0 Å². The molecular formula is C9H8O5. The van der Waals surface area contributed by atoms with E-state index in [0.29, 0.717) is 0 Å². The van der Waals surface area contributed by atoms with Crippen LogP contribution in [0, 0.1) is 0 Å². The molecule has 1 aliphatic carbocycles. The summed E-state index contributed by atoms with van der Waals surface area (Å²) in [6, 6.07) is 0. The van der Waals surface area contributed by atoms with E-state index in [1.807, 2.05) is 0 Å². The summed E-state index contributed by atoms with van der Waals surface area (Å²) in [4.78, 5) is 21.1. The second kappa shape index (κ2) is 3.89. The van der Waals surface area contributed by atoms with Gasteiger partial charge in [-0.1, -0.05) is 0 Å². The summed E-state index contributed by atoms with van der Waals surface area (Å²) in [5.74, 6) is -2.37. The normalized spacial score (nSPS) is 22.1. The molecule has 0 saturated carbocycles. The fraction of sp³-hybridized carbons (Fsp3) is 0.111. The molecule has 1 rings (SSSR count). The highest BCUT2D eigenvalue weighted by Crippen LogP contribution is 2.14. The summed E-state index contributed by atoms with van der Waals surface area (Å²) in [7, 11) is 0. The van der Waals surface area contributed by atoms with Crippen molar-refractivity contribution in [1.82, 2.24) is 0 Å². The summed E-state index contributed by atoms with van der Waals surface area (Å²) < 4.78 is 0. The topological polar surface area (TPSA) is 94.8 Å². The number of carboxylic acid groups (broad SMARTS) is 1. The van der Waals surface area contributed by atoms with Gasteiger partial charge in [-0.3, -0.25) is 4.79 Å². The number of carboxylic acids is 1. The Morgan fingerprint density at radius 2 is 2.14 bits per heavy atom. The molecule has 0 radical (unpaired) electrons. The van der Waals surface area contributed by atoms with Gasteiger partial charge in [0.25, 0.3) is 0 Å². The largest absolute Gasteiger partial charge is 0.504 e. The van der Waals surface area contributed by atoms with Crippen LogP contribution < -0.4 is 0 Å². The maximum atomic E-state index is 10.9. The summed E-state index contributed by atoms with van der Waals surface area (Å²) in [6.45, 7) is 0. The van der Waals surface area contributed by atoms with Crippen LogP contribution in [0.15, 0.2) is 35.6 Å². The summed E-state index contributed by atoms with van der Waals surface area (Å²) in [5, 5.41) is 26.5. The maximum Gasteiger partial charge on any atom is 0.328 e. The molecule has 5 nitrogen and oxygen atoms in total. The molecule has 0 heterocycles. The van der Waals surface area contributed by atoms with E-state index < -0.39 is 23.6 Å². The molecular weight excluding hydrogens is 188 g/mol. The average Bonchev–Trinajstić information content (AvgIpc) is 2.09. The number of aliphatic hydroxyl groups is 2. The summed E-state index contributed by atoms with van der Waals surface area (Å²) in [6.07, 6.45) is 2.69. The van der Waals surface area contributed by atoms with Crippen LogP contribution in [-0.4, -0.2) is 33.2 Å². The van der Waals surface area contributed by atoms with Crippen molar-refractivity contribution in [2.75, 3.05) is 0 Å². The Morgan fingerprint density at radius 3 is 2.71 bits per heavy atom. The van der Waals surface area contributed by atoms with E-state index in [2.05, 4.69) is 0 Å². The standard InChI is InChI=1S/C9H8O5/c10-6-4-8(12)7(11)3-5(6)1-2-9(13)14/h1-4,6,10,12H,(H,13,14). The van der Waals surface area contributed by atoms with Crippen molar-refractivity contribution in [1.29, 1.82) is 0 Å². The molecule has 14 heavy (non-hydrogen) atoms. The molecule has 1 atom stereocenters. The third-order valence-corrected chi connectivity index (χ3v) is 1.63. The zero-order valence-corrected chi connectivity index (χ0v) is 7.04. The molecule has 0 spiro atoms. The van der Waals surface area contributed by atoms with E-state index in [9.17, 15) is 14.7 Å². The van der Waals surface area contributed by atoms with Crippen LogP contribution in [-0.2, 0) is 9.59 Å². The van der Waals surface area contributed by atoms with Gasteiger partial charge in [-0.15, -0.1) is 0 Å². The third kappa shape index (κ3) is 2.30. The second-order valence-corrected chi connectivity index (χ2v) is 2.68. The maximum absolute atomic E-state index is 10.9. The molecule has 1 aliphatic rings. The molecule has 0 aromatic rings. The number of ketones is 1. The number of carbonyl (C=O) groups excluding carboxylic acids is 1. The van der Waals surface area contributed by atoms with E-state index in [1.165, 1.54) is 0 Å². The number of carbonyl (C=O) groups is 2. The molecule has 0 amide bonds. The van der Waals surface area contributed by atoms with Crippen molar-refractivity contribution in [3.05, 3.63) is 35.6 Å². The second-order valence-electron chi connectivity index (χ2n) is 2.68. The van der Waals surface area contributed by atoms with Crippen LogP contribution in [0.4, 0.5) is 0 Å². The van der Waals surface area contributed by atoms with E-state index in [-0.39, 0.29) is 5.57 Å². The van der Waals surface area contributed by atoms with Crippen molar-refractivity contribution < 1.29 is 24.9 Å². The molecule has 5 heteroatoms. The Hall–Kier alpha value is -1.88. The lowest BCUT2D eigenvalue weighted by Crippen LogP contribution is -2.16. The van der Waals surface area contributed by atoms with Crippen LogP contribution >= 0.6 is 0 Å². The highest BCUT2D eigenvalue weighted by Gasteiger charge is 2.18. The van der Waals surface area contributed by atoms with Gasteiger partial charge in [-0.2, -0.15) is 0 Å². The van der Waals surface area contributed by atoms with Crippen molar-refractivity contribution in [2.24, 2.45) is 0 Å². The Kier molecular flexibility index (Phi) is 2.83. The van der Waals surface area contributed by atoms with Crippen molar-refractivity contribution >= 4 is 11.8 Å². The lowest BCUT2D eigenvalue weighted by atomic mass is 10.0. The van der Waals surface area contributed by atoms with Crippen molar-refractivity contribution in [2.45, 2.75) is 6.10 Å². The minimum atomic E-state index is -1.18. The number of hydrogen-bond acceptors (Lipinski definition) is 4. The van der Waals surface area contributed by atoms with E-state index in [1.54, 1.807) is 0 Å². The lowest BCUT2D eigenvalue weighted by molar-refractivity contribution is -0.131. The number of hydrogen-bond donors (Lipinski definition) is 3. The van der Waals surface area contributed by atoms with Gasteiger partial charge in [0.1, 0.15) is 6.10 Å². The molecule has 0 aliphatic heterocycles. The fourth-order valence-corrected chi connectivity index (χ4v) is 0.953. The van der Waals surface area contributed by atoms with Crippen LogP contribution in [0.5, 0.6) is 0 Å². The lowest BCUT2D eigenvalue weighted by Gasteiger charge is -2.11. The minimum Gasteiger partial charge on any atom is -0.504 e. The zero-order valence-electron chi connectivity index (χ0n) is 7.04. The summed E-state index contributed by atoms with van der Waals surface area (Å²) >= 11 is 0. The quantitative estimate of drug-likeness (QED) is 0.538. The molecule has 0 saturated heterocycles. The van der Waals surface area contributed by atoms with Crippen molar-refractivity contribution in [3.63, 3.8) is 0 Å². The molecule has 1 unspecified atom stereocenters. The first-order valence-electron chi connectivity index (χ1n) is 3.76. The predicted molar refractivity (Wildman–Crippen MR) is 46.6 cm³/mol. The van der Waals surface area contributed by atoms with E-state index >= 15 is 0 Å². The molecule has 0 bridgehead atoms. The third-order valence-electron chi connectivity index (χ3n) is 1.63. The zero-order chi connectivity index (χ0) is 10.7. The minimum absolute atomic E-state index is 0.134. The van der Waals surface area contributed by atoms with Gasteiger partial charge >= 0.3 is 5.97 Å². The molecule has 74 valence electrons. The SMILES string of the molecule is O=C(O)C=CC1=CC(=O)C(O)=CC1O. The number of aliphatic hydroxyl groups excluding tert-OH is 2. The fourth-order valence-electron chi connectivity index (χ4n) is 0.953. The Balaban J connectivity index is 2.87. The van der Waals surface area contributed by atoms with Gasteiger partial charge in [-0.25, -0.2) is 4.79 Å². The molecule has 3 N–H and O–H groups in total. The van der Waals surface area contributed by atoms with Gasteiger partial charge < -0.3 is 15.3 Å². The van der Waals surface area contributed by atoms with E-state index in [0.717, 1.165) is 24.3 Å². The smallest absolute Gasteiger partial charge is 0.328 e. The molecule has 0 aromatic carbocycles. The van der Waals surface area contributed by atoms with Gasteiger partial charge in [0.2, 0.25) is 5.78 Å². The average molecular weight is 196 g/mol. The Bertz CT molecular complexity index is 361. The van der Waals surface area contributed by atoms with Crippen molar-refractivity contribution in [3.8, 4) is 0 Å². The highest BCUT2D eigenvalue weighted by atomic mass is 16.4. The number of aliphatic carboxylic acids is 1. The van der Waals surface area contributed by atoms with Crippen LogP contribution in [0.3, 0.4) is 0 Å². The van der Waals surface area contributed by atoms with Gasteiger partial charge in [-0.05, 0) is 23.8 Å². The first-order chi connectivity index (χ1) is 6.50.